The van der Waals surface area contributed by atoms with Crippen LogP contribution in [0.5, 0.6) is 0 Å². The maximum atomic E-state index is 6.15. The Bertz CT molecular complexity index is 1140. The minimum Gasteiger partial charge on any atom is -0.397 e. The number of nitrogens with two attached hydrogens (primary N) is 2. The van der Waals surface area contributed by atoms with E-state index >= 15 is 0 Å². The molecule has 0 spiro atoms. The molecule has 0 radical (unpaired) electrons. The van der Waals surface area contributed by atoms with E-state index in [9.17, 15) is 0 Å². The fourth-order valence-corrected chi connectivity index (χ4v) is 4.07. The highest BCUT2D eigenvalue weighted by molar-refractivity contribution is 5.88. The number of likely N-dealkylation sites (tertiary alicyclic amines) is 1. The molecule has 166 valence electrons. The summed E-state index contributed by atoms with van der Waals surface area (Å²) in [6.07, 6.45) is 7.69. The van der Waals surface area contributed by atoms with Crippen LogP contribution >= 0.6 is 0 Å². The molecular weight excluding hydrogens is 398 g/mol. The molecule has 2 aromatic heterocycles. The van der Waals surface area contributed by atoms with Crippen molar-refractivity contribution in [3.63, 3.8) is 0 Å². The number of benzene rings is 1. The van der Waals surface area contributed by atoms with E-state index < -0.39 is 0 Å². The number of aromatic nitrogens is 2. The minimum absolute atomic E-state index is 0.502. The van der Waals surface area contributed by atoms with E-state index in [0.717, 1.165) is 65.0 Å². The topological polar surface area (TPSA) is 96.3 Å². The van der Waals surface area contributed by atoms with Gasteiger partial charge in [0.25, 0.3) is 0 Å². The summed E-state index contributed by atoms with van der Waals surface area (Å²) < 4.78 is 0. The first kappa shape index (κ1) is 21.8. The van der Waals surface area contributed by atoms with Crippen LogP contribution < -0.4 is 16.9 Å². The van der Waals surface area contributed by atoms with Crippen molar-refractivity contribution in [2.24, 2.45) is 11.6 Å². The van der Waals surface area contributed by atoms with Crippen LogP contribution in [0.4, 0.5) is 5.82 Å². The molecule has 0 aliphatic carbocycles. The SMILES string of the molecule is C=C(Nc1cc2cc(/C(N)=C/N(C)N)ccc2cn1)c1ccnc(C2CCN(C)CC2)c1. The second-order valence-corrected chi connectivity index (χ2v) is 8.53. The molecule has 0 saturated carbocycles. The molecular formula is C25H31N7. The van der Waals surface area contributed by atoms with E-state index in [1.807, 2.05) is 42.7 Å². The van der Waals surface area contributed by atoms with Crippen LogP contribution in [0.15, 0.2) is 61.6 Å². The van der Waals surface area contributed by atoms with Crippen LogP contribution in [0.1, 0.15) is 35.6 Å². The molecule has 1 fully saturated rings. The zero-order valence-electron chi connectivity index (χ0n) is 18.8. The number of hydrogen-bond acceptors (Lipinski definition) is 7. The maximum absolute atomic E-state index is 6.15. The summed E-state index contributed by atoms with van der Waals surface area (Å²) in [4.78, 5) is 11.6. The summed E-state index contributed by atoms with van der Waals surface area (Å²) in [6, 6.07) is 12.1. The molecule has 3 heterocycles. The van der Waals surface area contributed by atoms with Gasteiger partial charge in [0.1, 0.15) is 5.82 Å². The van der Waals surface area contributed by atoms with Gasteiger partial charge in [0.2, 0.25) is 0 Å². The fraction of sp³-hybridized carbons (Fsp3) is 0.280. The Kier molecular flexibility index (Phi) is 6.39. The molecule has 0 bridgehead atoms. The Morgan fingerprint density at radius 1 is 1.12 bits per heavy atom. The molecule has 5 N–H and O–H groups in total. The van der Waals surface area contributed by atoms with E-state index in [0.29, 0.717) is 11.6 Å². The summed E-state index contributed by atoms with van der Waals surface area (Å²) in [5.74, 6) is 6.92. The highest BCUT2D eigenvalue weighted by Crippen LogP contribution is 2.28. The average molecular weight is 430 g/mol. The lowest BCUT2D eigenvalue weighted by atomic mass is 9.92. The lowest BCUT2D eigenvalue weighted by Gasteiger charge is -2.28. The molecule has 4 rings (SSSR count). The third-order valence-corrected chi connectivity index (χ3v) is 5.94. The van der Waals surface area contributed by atoms with Gasteiger partial charge >= 0.3 is 0 Å². The first-order chi connectivity index (χ1) is 15.4. The molecule has 1 aliphatic rings. The molecule has 7 nitrogen and oxygen atoms in total. The van der Waals surface area contributed by atoms with Crippen molar-refractivity contribution >= 4 is 28.0 Å². The van der Waals surface area contributed by atoms with Gasteiger partial charge in [-0.2, -0.15) is 0 Å². The molecule has 3 aromatic rings. The molecule has 0 unspecified atom stereocenters. The van der Waals surface area contributed by atoms with Crippen molar-refractivity contribution in [2.45, 2.75) is 18.8 Å². The van der Waals surface area contributed by atoms with E-state index in [2.05, 4.69) is 39.9 Å². The van der Waals surface area contributed by atoms with Crippen LogP contribution in [0, 0.1) is 0 Å². The Labute approximate surface area is 189 Å². The summed E-state index contributed by atoms with van der Waals surface area (Å²) >= 11 is 0. The zero-order chi connectivity index (χ0) is 22.7. The second-order valence-electron chi connectivity index (χ2n) is 8.53. The van der Waals surface area contributed by atoms with Gasteiger partial charge in [0.15, 0.2) is 0 Å². The van der Waals surface area contributed by atoms with Crippen LogP contribution in [0.25, 0.3) is 22.2 Å². The van der Waals surface area contributed by atoms with Gasteiger partial charge in [-0.3, -0.25) is 4.98 Å². The van der Waals surface area contributed by atoms with E-state index in [-0.39, 0.29) is 0 Å². The van der Waals surface area contributed by atoms with Gasteiger partial charge in [-0.05, 0) is 68.2 Å². The lowest BCUT2D eigenvalue weighted by molar-refractivity contribution is 0.253. The van der Waals surface area contributed by atoms with E-state index in [1.54, 1.807) is 13.2 Å². The summed E-state index contributed by atoms with van der Waals surface area (Å²) in [6.45, 7) is 6.46. The van der Waals surface area contributed by atoms with Crippen LogP contribution in [0.3, 0.4) is 0 Å². The number of anilines is 1. The van der Waals surface area contributed by atoms with Crippen molar-refractivity contribution < 1.29 is 0 Å². The van der Waals surface area contributed by atoms with Gasteiger partial charge < -0.3 is 21.0 Å². The van der Waals surface area contributed by atoms with Gasteiger partial charge in [0.05, 0.1) is 5.70 Å². The highest BCUT2D eigenvalue weighted by Gasteiger charge is 2.20. The molecule has 32 heavy (non-hydrogen) atoms. The Balaban J connectivity index is 1.53. The van der Waals surface area contributed by atoms with E-state index in [1.165, 1.54) is 5.01 Å². The fourth-order valence-electron chi connectivity index (χ4n) is 4.07. The Hall–Kier alpha value is -3.42. The van der Waals surface area contributed by atoms with Gasteiger partial charge in [0, 0.05) is 53.9 Å². The third kappa shape index (κ3) is 5.07. The van der Waals surface area contributed by atoms with Crippen LogP contribution in [-0.2, 0) is 0 Å². The quantitative estimate of drug-likeness (QED) is 0.407. The summed E-state index contributed by atoms with van der Waals surface area (Å²) in [5, 5.41) is 6.86. The molecule has 1 aromatic carbocycles. The standard InChI is InChI=1S/C25H31N7/c1-17(19-6-9-28-24(13-19)18-7-10-31(2)11-8-18)30-25-14-22-12-20(23(26)16-32(3)27)4-5-21(22)15-29-25/h4-6,9,12-16,18H,1,7-8,10-11,26-27H2,2-3H3,(H,29,30)/b23-16-. The number of nitrogens with zero attached hydrogens (tertiary/aromatic N) is 4. The van der Waals surface area contributed by atoms with Crippen molar-refractivity contribution in [3.8, 4) is 0 Å². The molecule has 1 aliphatic heterocycles. The predicted octanol–water partition coefficient (Wildman–Crippen LogP) is 3.58. The number of pyridine rings is 2. The van der Waals surface area contributed by atoms with Crippen molar-refractivity contribution in [3.05, 3.63) is 78.4 Å². The molecule has 0 atom stereocenters. The summed E-state index contributed by atoms with van der Waals surface area (Å²) in [7, 11) is 3.91. The van der Waals surface area contributed by atoms with E-state index in [4.69, 9.17) is 11.6 Å². The van der Waals surface area contributed by atoms with Gasteiger partial charge in [-0.1, -0.05) is 18.7 Å². The van der Waals surface area contributed by atoms with Crippen LogP contribution in [0.2, 0.25) is 0 Å². The number of hydrazine groups is 1. The smallest absolute Gasteiger partial charge is 0.130 e. The largest absolute Gasteiger partial charge is 0.397 e. The van der Waals surface area contributed by atoms with Crippen molar-refractivity contribution in [1.29, 1.82) is 0 Å². The number of nitrogens with one attached hydrogen (secondary N) is 1. The maximum Gasteiger partial charge on any atom is 0.130 e. The molecule has 1 saturated heterocycles. The van der Waals surface area contributed by atoms with Gasteiger partial charge in [-0.15, -0.1) is 0 Å². The number of hydrogen-bond donors (Lipinski definition) is 3. The van der Waals surface area contributed by atoms with Crippen LogP contribution in [-0.4, -0.2) is 47.1 Å². The first-order valence-electron chi connectivity index (χ1n) is 10.8. The number of rotatable bonds is 6. The predicted molar refractivity (Wildman–Crippen MR) is 132 cm³/mol. The minimum atomic E-state index is 0.502. The highest BCUT2D eigenvalue weighted by atomic mass is 15.4. The molecule has 7 heteroatoms. The Morgan fingerprint density at radius 3 is 2.66 bits per heavy atom. The second kappa shape index (κ2) is 9.38. The Morgan fingerprint density at radius 2 is 1.91 bits per heavy atom. The number of fused-ring (bicyclic) bond motifs is 1. The third-order valence-electron chi connectivity index (χ3n) is 5.94. The lowest BCUT2D eigenvalue weighted by Crippen LogP contribution is -2.29. The van der Waals surface area contributed by atoms with Gasteiger partial charge in [-0.25, -0.2) is 10.8 Å². The molecule has 0 amide bonds. The zero-order valence-corrected chi connectivity index (χ0v) is 18.8. The number of piperidine rings is 1. The monoisotopic (exact) mass is 429 g/mol. The first-order valence-corrected chi connectivity index (χ1v) is 10.8. The van der Waals surface area contributed by atoms with Crippen molar-refractivity contribution in [2.75, 3.05) is 32.5 Å². The van der Waals surface area contributed by atoms with Crippen molar-refractivity contribution in [1.82, 2.24) is 19.9 Å². The normalized spacial score (nSPS) is 15.7. The average Bonchev–Trinajstić information content (AvgIpc) is 2.78. The summed E-state index contributed by atoms with van der Waals surface area (Å²) in [5.41, 5.74) is 10.6.